The average Bonchev–Trinajstić information content (AvgIpc) is 3.29. The van der Waals surface area contributed by atoms with Gasteiger partial charge in [-0.05, 0) is 49.9 Å². The van der Waals surface area contributed by atoms with Crippen LogP contribution in [0.15, 0.2) is 53.5 Å². The van der Waals surface area contributed by atoms with Crippen LogP contribution < -0.4 is 20.7 Å². The molecule has 1 atom stereocenters. The lowest BCUT2D eigenvalue weighted by molar-refractivity contribution is 0.0676. The van der Waals surface area contributed by atoms with E-state index in [4.69, 9.17) is 9.47 Å². The number of hydrogen-bond acceptors (Lipinski definition) is 4. The smallest absolute Gasteiger partial charge is 0.191 e. The quantitative estimate of drug-likeness (QED) is 0.316. The molecule has 1 aliphatic heterocycles. The Bertz CT molecular complexity index is 789. The molecular weight excluding hydrogens is 376 g/mol. The Kier molecular flexibility index (Phi) is 8.84. The van der Waals surface area contributed by atoms with Crippen LogP contribution in [0.2, 0.25) is 0 Å². The van der Waals surface area contributed by atoms with Crippen molar-refractivity contribution < 1.29 is 9.47 Å². The van der Waals surface area contributed by atoms with E-state index in [1.54, 1.807) is 7.05 Å². The molecule has 1 saturated heterocycles. The Morgan fingerprint density at radius 1 is 1.13 bits per heavy atom. The maximum atomic E-state index is 6.09. The number of nitrogens with one attached hydrogen (secondary N) is 3. The van der Waals surface area contributed by atoms with Gasteiger partial charge in [-0.2, -0.15) is 0 Å². The second-order valence-corrected chi connectivity index (χ2v) is 7.56. The molecule has 6 nitrogen and oxygen atoms in total. The number of rotatable bonds is 10. The van der Waals surface area contributed by atoms with E-state index < -0.39 is 0 Å². The molecule has 1 fully saturated rings. The summed E-state index contributed by atoms with van der Waals surface area (Å²) in [5, 5.41) is 10.2. The van der Waals surface area contributed by atoms with Crippen LogP contribution in [-0.2, 0) is 11.3 Å². The minimum absolute atomic E-state index is 0.213. The van der Waals surface area contributed by atoms with Gasteiger partial charge >= 0.3 is 0 Å². The molecule has 0 aromatic heterocycles. The zero-order valence-electron chi connectivity index (χ0n) is 18.1. The molecule has 162 valence electrons. The number of guanidine groups is 1. The molecule has 0 saturated carbocycles. The minimum Gasteiger partial charge on any atom is -0.491 e. The Labute approximate surface area is 180 Å². The van der Waals surface area contributed by atoms with Crippen LogP contribution in [0.25, 0.3) is 0 Å². The summed E-state index contributed by atoms with van der Waals surface area (Å²) in [6.45, 7) is 5.95. The summed E-state index contributed by atoms with van der Waals surface area (Å²) < 4.78 is 11.8. The molecular formula is C24H34N4O2. The average molecular weight is 411 g/mol. The molecule has 0 radical (unpaired) electrons. The van der Waals surface area contributed by atoms with Gasteiger partial charge < -0.3 is 25.4 Å². The number of aryl methyl sites for hydroxylation is 1. The monoisotopic (exact) mass is 410 g/mol. The van der Waals surface area contributed by atoms with Crippen LogP contribution in [0.1, 0.15) is 30.4 Å². The summed E-state index contributed by atoms with van der Waals surface area (Å²) in [4.78, 5) is 4.33. The van der Waals surface area contributed by atoms with Gasteiger partial charge in [-0.3, -0.25) is 4.99 Å². The summed E-state index contributed by atoms with van der Waals surface area (Å²) in [6, 6.07) is 16.6. The van der Waals surface area contributed by atoms with E-state index >= 15 is 0 Å². The Morgan fingerprint density at radius 3 is 2.77 bits per heavy atom. The van der Waals surface area contributed by atoms with Gasteiger partial charge in [-0.1, -0.05) is 30.3 Å². The van der Waals surface area contributed by atoms with E-state index in [0.717, 1.165) is 61.9 Å². The first-order valence-corrected chi connectivity index (χ1v) is 10.8. The minimum atomic E-state index is 0.213. The van der Waals surface area contributed by atoms with Crippen LogP contribution in [0, 0.1) is 6.92 Å². The van der Waals surface area contributed by atoms with Crippen molar-refractivity contribution in [1.29, 1.82) is 0 Å². The fourth-order valence-electron chi connectivity index (χ4n) is 3.38. The third kappa shape index (κ3) is 7.26. The van der Waals surface area contributed by atoms with Gasteiger partial charge in [0.1, 0.15) is 12.4 Å². The van der Waals surface area contributed by atoms with Crippen molar-refractivity contribution in [2.75, 3.05) is 38.7 Å². The molecule has 3 N–H and O–H groups in total. The first-order chi connectivity index (χ1) is 14.7. The highest BCUT2D eigenvalue weighted by Gasteiger charge is 2.17. The first-order valence-electron chi connectivity index (χ1n) is 10.8. The molecule has 1 heterocycles. The fraction of sp³-hybridized carbons (Fsp3) is 0.458. The molecule has 0 aliphatic carbocycles. The van der Waals surface area contributed by atoms with Crippen LogP contribution in [0.5, 0.6) is 5.75 Å². The number of para-hydroxylation sites is 1. The van der Waals surface area contributed by atoms with Gasteiger partial charge in [0.15, 0.2) is 5.96 Å². The van der Waals surface area contributed by atoms with Crippen LogP contribution in [0.3, 0.4) is 0 Å². The Balaban J connectivity index is 1.41. The lowest BCUT2D eigenvalue weighted by Gasteiger charge is -2.17. The van der Waals surface area contributed by atoms with Crippen molar-refractivity contribution in [3.05, 3.63) is 59.7 Å². The van der Waals surface area contributed by atoms with E-state index in [2.05, 4.69) is 58.2 Å². The Morgan fingerprint density at radius 2 is 2.00 bits per heavy atom. The lowest BCUT2D eigenvalue weighted by atomic mass is 10.1. The second kappa shape index (κ2) is 12.1. The largest absolute Gasteiger partial charge is 0.491 e. The third-order valence-electron chi connectivity index (χ3n) is 5.09. The standard InChI is InChI=1S/C24H34N4O2/c1-19-11-12-20(23(16-19)30-18-22-10-6-15-29-22)17-28-24(25-2)27-14-7-13-26-21-8-4-3-5-9-21/h3-5,8-9,11-12,16,22,26H,6-7,10,13-15,17-18H2,1-2H3,(H2,25,27,28). The van der Waals surface area contributed by atoms with E-state index in [9.17, 15) is 0 Å². The van der Waals surface area contributed by atoms with Crippen LogP contribution in [-0.4, -0.2) is 45.4 Å². The van der Waals surface area contributed by atoms with Crippen molar-refractivity contribution in [2.45, 2.75) is 38.8 Å². The highest BCUT2D eigenvalue weighted by Crippen LogP contribution is 2.22. The van der Waals surface area contributed by atoms with E-state index in [0.29, 0.717) is 13.2 Å². The maximum Gasteiger partial charge on any atom is 0.191 e. The summed E-state index contributed by atoms with van der Waals surface area (Å²) in [5.74, 6) is 1.71. The number of ether oxygens (including phenoxy) is 2. The molecule has 0 spiro atoms. The number of aliphatic imine (C=N–C) groups is 1. The summed E-state index contributed by atoms with van der Waals surface area (Å²) >= 11 is 0. The third-order valence-corrected chi connectivity index (χ3v) is 5.09. The molecule has 3 rings (SSSR count). The topological polar surface area (TPSA) is 66.9 Å². The lowest BCUT2D eigenvalue weighted by Crippen LogP contribution is -2.37. The molecule has 30 heavy (non-hydrogen) atoms. The molecule has 2 aromatic rings. The number of hydrogen-bond donors (Lipinski definition) is 3. The van der Waals surface area contributed by atoms with Crippen molar-refractivity contribution >= 4 is 11.6 Å². The molecule has 6 heteroatoms. The van der Waals surface area contributed by atoms with E-state index in [-0.39, 0.29) is 6.10 Å². The zero-order chi connectivity index (χ0) is 21.0. The molecule has 0 bridgehead atoms. The summed E-state index contributed by atoms with van der Waals surface area (Å²) in [7, 11) is 1.79. The number of benzene rings is 2. The normalized spacial score (nSPS) is 16.3. The summed E-state index contributed by atoms with van der Waals surface area (Å²) in [5.41, 5.74) is 3.46. The summed E-state index contributed by atoms with van der Waals surface area (Å²) in [6.07, 6.45) is 3.41. The van der Waals surface area contributed by atoms with Crippen molar-refractivity contribution in [1.82, 2.24) is 10.6 Å². The molecule has 0 amide bonds. The van der Waals surface area contributed by atoms with Crippen molar-refractivity contribution in [3.63, 3.8) is 0 Å². The van der Waals surface area contributed by atoms with Gasteiger partial charge in [0.05, 0.1) is 6.10 Å². The molecule has 1 unspecified atom stereocenters. The predicted octanol–water partition coefficient (Wildman–Crippen LogP) is 3.72. The Hall–Kier alpha value is -2.73. The fourth-order valence-corrected chi connectivity index (χ4v) is 3.38. The van der Waals surface area contributed by atoms with Crippen molar-refractivity contribution in [2.24, 2.45) is 4.99 Å². The van der Waals surface area contributed by atoms with Crippen LogP contribution >= 0.6 is 0 Å². The molecule has 2 aromatic carbocycles. The number of anilines is 1. The SMILES string of the molecule is CN=C(NCCCNc1ccccc1)NCc1ccc(C)cc1OCC1CCCO1. The second-order valence-electron chi connectivity index (χ2n) is 7.56. The van der Waals surface area contributed by atoms with Gasteiger partial charge in [-0.25, -0.2) is 0 Å². The van der Waals surface area contributed by atoms with E-state index in [1.165, 1.54) is 5.56 Å². The highest BCUT2D eigenvalue weighted by atomic mass is 16.5. The van der Waals surface area contributed by atoms with Gasteiger partial charge in [0.2, 0.25) is 0 Å². The first kappa shape index (κ1) is 22.0. The van der Waals surface area contributed by atoms with Gasteiger partial charge in [-0.15, -0.1) is 0 Å². The predicted molar refractivity (Wildman–Crippen MR) is 123 cm³/mol. The van der Waals surface area contributed by atoms with Crippen LogP contribution in [0.4, 0.5) is 5.69 Å². The van der Waals surface area contributed by atoms with Gasteiger partial charge in [0.25, 0.3) is 0 Å². The molecule has 1 aliphatic rings. The van der Waals surface area contributed by atoms with E-state index in [1.807, 2.05) is 18.2 Å². The highest BCUT2D eigenvalue weighted by molar-refractivity contribution is 5.79. The van der Waals surface area contributed by atoms with Crippen molar-refractivity contribution in [3.8, 4) is 5.75 Å². The van der Waals surface area contributed by atoms with Gasteiger partial charge in [0, 0.05) is 44.5 Å². The number of nitrogens with zero attached hydrogens (tertiary/aromatic N) is 1. The maximum absolute atomic E-state index is 6.09. The zero-order valence-corrected chi connectivity index (χ0v) is 18.1.